The van der Waals surface area contributed by atoms with Crippen LogP contribution in [0.25, 0.3) is 0 Å². The average molecular weight is 392 g/mol. The number of hydrogen-bond donors (Lipinski definition) is 3. The van der Waals surface area contributed by atoms with Crippen LogP contribution in [-0.4, -0.2) is 40.9 Å². The molecule has 1 saturated heterocycles. The summed E-state index contributed by atoms with van der Waals surface area (Å²) >= 11 is 0. The van der Waals surface area contributed by atoms with Crippen LogP contribution >= 0.6 is 0 Å². The van der Waals surface area contributed by atoms with Gasteiger partial charge in [0, 0.05) is 31.0 Å². The molecule has 0 aliphatic carbocycles. The second-order valence-corrected chi connectivity index (χ2v) is 8.82. The number of hydrogen-bond acceptors (Lipinski definition) is 3. The summed E-state index contributed by atoms with van der Waals surface area (Å²) in [6.07, 6.45) is 0.811. The summed E-state index contributed by atoms with van der Waals surface area (Å²) in [6, 6.07) is 17.8. The van der Waals surface area contributed by atoms with E-state index in [1.165, 1.54) is 5.56 Å². The number of amidine groups is 1. The van der Waals surface area contributed by atoms with Crippen LogP contribution in [0.2, 0.25) is 0 Å². The van der Waals surface area contributed by atoms with Crippen molar-refractivity contribution in [1.82, 2.24) is 10.2 Å². The van der Waals surface area contributed by atoms with Crippen LogP contribution < -0.4 is 16.0 Å². The maximum atomic E-state index is 12.9. The highest BCUT2D eigenvalue weighted by Gasteiger charge is 2.46. The van der Waals surface area contributed by atoms with Gasteiger partial charge in [0.15, 0.2) is 0 Å². The Hall–Kier alpha value is -2.86. The Kier molecular flexibility index (Phi) is 5.04. The third-order valence-corrected chi connectivity index (χ3v) is 5.37. The van der Waals surface area contributed by atoms with Gasteiger partial charge in [-0.2, -0.15) is 0 Å². The van der Waals surface area contributed by atoms with E-state index >= 15 is 0 Å². The second-order valence-electron chi connectivity index (χ2n) is 8.82. The zero-order valence-corrected chi connectivity index (χ0v) is 17.3. The first kappa shape index (κ1) is 19.5. The zero-order valence-electron chi connectivity index (χ0n) is 17.3. The van der Waals surface area contributed by atoms with Crippen molar-refractivity contribution in [1.29, 1.82) is 0 Å². The summed E-state index contributed by atoms with van der Waals surface area (Å²) < 4.78 is 0. The van der Waals surface area contributed by atoms with E-state index in [2.05, 4.69) is 54.9 Å². The van der Waals surface area contributed by atoms with E-state index in [-0.39, 0.29) is 17.1 Å². The minimum atomic E-state index is -0.389. The highest BCUT2D eigenvalue weighted by atomic mass is 16.2. The van der Waals surface area contributed by atoms with Crippen LogP contribution in [-0.2, 0) is 6.54 Å². The predicted octanol–water partition coefficient (Wildman–Crippen LogP) is 4.08. The number of urea groups is 1. The normalized spacial score (nSPS) is 22.9. The lowest BCUT2D eigenvalue weighted by atomic mass is 9.95. The molecule has 1 atom stereocenters. The van der Waals surface area contributed by atoms with Gasteiger partial charge in [0.2, 0.25) is 0 Å². The van der Waals surface area contributed by atoms with Gasteiger partial charge in [-0.05, 0) is 51.0 Å². The van der Waals surface area contributed by atoms with Crippen LogP contribution in [0.4, 0.5) is 16.2 Å². The Balaban J connectivity index is 1.59. The number of benzene rings is 2. The van der Waals surface area contributed by atoms with Crippen molar-refractivity contribution in [2.24, 2.45) is 4.99 Å². The number of carbonyl (C=O) groups excluding carboxylic acids is 1. The zero-order chi connectivity index (χ0) is 20.5. The molecule has 2 amide bonds. The predicted molar refractivity (Wildman–Crippen MR) is 118 cm³/mol. The maximum absolute atomic E-state index is 12.9. The first-order valence-corrected chi connectivity index (χ1v) is 10.2. The van der Waals surface area contributed by atoms with Crippen molar-refractivity contribution in [3.8, 4) is 0 Å². The number of aliphatic imine (C=N–C) groups is 1. The number of para-hydroxylation sites is 2. The summed E-state index contributed by atoms with van der Waals surface area (Å²) in [5.74, 6) is 0.907. The van der Waals surface area contributed by atoms with Crippen molar-refractivity contribution in [3.63, 3.8) is 0 Å². The molecule has 6 nitrogen and oxygen atoms in total. The molecule has 1 spiro atoms. The van der Waals surface area contributed by atoms with Crippen LogP contribution in [0.1, 0.15) is 32.8 Å². The number of fused-ring (bicyclic) bond motifs is 1. The minimum absolute atomic E-state index is 0.0771. The molecule has 2 aliphatic heterocycles. The average Bonchev–Trinajstić information content (AvgIpc) is 3.06. The van der Waals surface area contributed by atoms with E-state index in [9.17, 15) is 4.79 Å². The van der Waals surface area contributed by atoms with Crippen molar-refractivity contribution in [2.45, 2.75) is 44.8 Å². The Labute approximate surface area is 172 Å². The van der Waals surface area contributed by atoms with E-state index in [4.69, 9.17) is 4.99 Å². The van der Waals surface area contributed by atoms with Gasteiger partial charge >= 0.3 is 6.03 Å². The van der Waals surface area contributed by atoms with Crippen LogP contribution in [0.15, 0.2) is 59.6 Å². The third kappa shape index (κ3) is 4.27. The van der Waals surface area contributed by atoms with E-state index in [0.717, 1.165) is 30.2 Å². The van der Waals surface area contributed by atoms with Gasteiger partial charge < -0.3 is 15.5 Å². The number of nitrogens with one attached hydrogen (secondary N) is 3. The molecule has 2 aromatic carbocycles. The Bertz CT molecular complexity index is 918. The third-order valence-electron chi connectivity index (χ3n) is 5.37. The highest BCUT2D eigenvalue weighted by Crippen LogP contribution is 2.31. The number of likely N-dealkylation sites (tertiary alicyclic amines) is 1. The van der Waals surface area contributed by atoms with E-state index in [1.54, 1.807) is 0 Å². The molecular formula is C23H29N5O. The quantitative estimate of drug-likeness (QED) is 0.686. The minimum Gasteiger partial charge on any atom is -0.342 e. The summed E-state index contributed by atoms with van der Waals surface area (Å²) in [7, 11) is 0. The second kappa shape index (κ2) is 7.52. The summed E-state index contributed by atoms with van der Waals surface area (Å²) in [5.41, 5.74) is 2.47. The number of nitrogens with zero attached hydrogens (tertiary/aromatic N) is 2. The van der Waals surface area contributed by atoms with Crippen molar-refractivity contribution >= 4 is 23.2 Å². The van der Waals surface area contributed by atoms with E-state index in [1.807, 2.05) is 41.3 Å². The lowest BCUT2D eigenvalue weighted by Crippen LogP contribution is -2.56. The monoisotopic (exact) mass is 391 g/mol. The van der Waals surface area contributed by atoms with E-state index in [0.29, 0.717) is 13.1 Å². The van der Waals surface area contributed by atoms with Crippen LogP contribution in [0, 0.1) is 0 Å². The molecule has 0 bridgehead atoms. The van der Waals surface area contributed by atoms with Gasteiger partial charge in [0.25, 0.3) is 0 Å². The van der Waals surface area contributed by atoms with Crippen molar-refractivity contribution < 1.29 is 4.79 Å². The SMILES string of the molecule is CC(C)(C)N=C1Nc2ccccc2CNC12CCN(C(=O)Nc1ccccc1)C2. The topological polar surface area (TPSA) is 68.8 Å². The van der Waals surface area contributed by atoms with Gasteiger partial charge in [-0.3, -0.25) is 10.3 Å². The number of anilines is 2. The molecule has 4 rings (SSSR count). The fraction of sp³-hybridized carbons (Fsp3) is 0.391. The molecule has 0 saturated carbocycles. The first-order chi connectivity index (χ1) is 13.8. The highest BCUT2D eigenvalue weighted by molar-refractivity contribution is 6.05. The standard InChI is InChI=1S/C23H29N5O/c1-22(2,3)27-20-23(24-15-17-9-7-8-12-19(17)26-20)13-14-28(16-23)21(29)25-18-10-5-4-6-11-18/h4-12,24H,13-16H2,1-3H3,(H,25,29)(H,26,27). The molecule has 1 fully saturated rings. The summed E-state index contributed by atoms with van der Waals surface area (Å²) in [6.45, 7) is 8.28. The molecule has 2 aliphatic rings. The molecule has 152 valence electrons. The van der Waals surface area contributed by atoms with Gasteiger partial charge in [-0.1, -0.05) is 36.4 Å². The summed E-state index contributed by atoms with van der Waals surface area (Å²) in [5, 5.41) is 10.3. The van der Waals surface area contributed by atoms with Crippen LogP contribution in [0.3, 0.4) is 0 Å². The Morgan fingerprint density at radius 1 is 1.10 bits per heavy atom. The van der Waals surface area contributed by atoms with Gasteiger partial charge in [0.05, 0.1) is 11.1 Å². The largest absolute Gasteiger partial charge is 0.342 e. The molecule has 3 N–H and O–H groups in total. The van der Waals surface area contributed by atoms with Gasteiger partial charge in [-0.15, -0.1) is 0 Å². The molecular weight excluding hydrogens is 362 g/mol. The van der Waals surface area contributed by atoms with Crippen molar-refractivity contribution in [3.05, 3.63) is 60.2 Å². The molecule has 6 heteroatoms. The van der Waals surface area contributed by atoms with Gasteiger partial charge in [0.1, 0.15) is 5.84 Å². The fourth-order valence-electron chi connectivity index (χ4n) is 3.91. The smallest absolute Gasteiger partial charge is 0.321 e. The Morgan fingerprint density at radius 3 is 2.59 bits per heavy atom. The first-order valence-electron chi connectivity index (χ1n) is 10.2. The summed E-state index contributed by atoms with van der Waals surface area (Å²) in [4.78, 5) is 19.8. The molecule has 0 radical (unpaired) electrons. The van der Waals surface area contributed by atoms with Crippen LogP contribution in [0.5, 0.6) is 0 Å². The van der Waals surface area contributed by atoms with Crippen molar-refractivity contribution in [2.75, 3.05) is 23.7 Å². The molecule has 0 aromatic heterocycles. The lowest BCUT2D eigenvalue weighted by Gasteiger charge is -2.32. The number of amides is 2. The molecule has 29 heavy (non-hydrogen) atoms. The molecule has 2 heterocycles. The number of rotatable bonds is 1. The van der Waals surface area contributed by atoms with E-state index < -0.39 is 0 Å². The molecule has 2 aromatic rings. The maximum Gasteiger partial charge on any atom is 0.321 e. The number of carbonyl (C=O) groups is 1. The Morgan fingerprint density at radius 2 is 1.83 bits per heavy atom. The molecule has 1 unspecified atom stereocenters. The fourth-order valence-corrected chi connectivity index (χ4v) is 3.91. The lowest BCUT2D eigenvalue weighted by molar-refractivity contribution is 0.220. The van der Waals surface area contributed by atoms with Gasteiger partial charge in [-0.25, -0.2) is 4.79 Å².